The fourth-order valence-corrected chi connectivity index (χ4v) is 1.29. The van der Waals surface area contributed by atoms with Crippen molar-refractivity contribution in [2.24, 2.45) is 5.73 Å². The predicted molar refractivity (Wildman–Crippen MR) is 58.6 cm³/mol. The molecule has 0 radical (unpaired) electrons. The van der Waals surface area contributed by atoms with Crippen molar-refractivity contribution in [3.8, 4) is 0 Å². The molecule has 0 saturated carbocycles. The minimum Gasteiger partial charge on any atom is -0.480 e. The Balaban J connectivity index is 2.67. The summed E-state index contributed by atoms with van der Waals surface area (Å²) in [5.41, 5.74) is 5.27. The third-order valence-corrected chi connectivity index (χ3v) is 2.23. The quantitative estimate of drug-likeness (QED) is 0.622. The molecule has 1 heterocycles. The Kier molecular flexibility index (Phi) is 4.41. The Morgan fingerprint density at radius 2 is 2.22 bits per heavy atom. The monoisotopic (exact) mass is 255 g/mol. The zero-order valence-electron chi connectivity index (χ0n) is 9.67. The molecular formula is C10H13N3O5. The van der Waals surface area contributed by atoms with E-state index in [0.29, 0.717) is 5.69 Å². The van der Waals surface area contributed by atoms with E-state index in [1.165, 1.54) is 0 Å². The number of oxazole rings is 1. The van der Waals surface area contributed by atoms with E-state index in [1.54, 1.807) is 6.92 Å². The Morgan fingerprint density at radius 3 is 2.67 bits per heavy atom. The number of primary amides is 1. The fourth-order valence-electron chi connectivity index (χ4n) is 1.29. The lowest BCUT2D eigenvalue weighted by atomic mass is 10.1. The summed E-state index contributed by atoms with van der Waals surface area (Å²) in [6.45, 7) is 1.55. The van der Waals surface area contributed by atoms with Crippen LogP contribution in [0.2, 0.25) is 0 Å². The van der Waals surface area contributed by atoms with Gasteiger partial charge in [0.15, 0.2) is 6.39 Å². The molecule has 1 atom stereocenters. The highest BCUT2D eigenvalue weighted by atomic mass is 16.4. The molecule has 0 aromatic carbocycles. The van der Waals surface area contributed by atoms with Gasteiger partial charge in [0.25, 0.3) is 5.91 Å². The average molecular weight is 255 g/mol. The number of aromatic nitrogens is 1. The molecule has 18 heavy (non-hydrogen) atoms. The third kappa shape index (κ3) is 3.58. The van der Waals surface area contributed by atoms with Crippen LogP contribution in [0.1, 0.15) is 29.1 Å². The zero-order chi connectivity index (χ0) is 13.7. The van der Waals surface area contributed by atoms with Gasteiger partial charge in [-0.05, 0) is 13.3 Å². The van der Waals surface area contributed by atoms with E-state index in [2.05, 4.69) is 10.3 Å². The van der Waals surface area contributed by atoms with Crippen molar-refractivity contribution in [2.45, 2.75) is 25.8 Å². The molecule has 98 valence electrons. The lowest BCUT2D eigenvalue weighted by molar-refractivity contribution is -0.139. The second-order valence-corrected chi connectivity index (χ2v) is 3.64. The predicted octanol–water partition coefficient (Wildman–Crippen LogP) is -0.568. The van der Waals surface area contributed by atoms with Crippen molar-refractivity contribution in [1.29, 1.82) is 0 Å². The number of carboxylic acid groups (broad SMARTS) is 1. The standard InChI is InChI=1S/C10H13N3O5/c1-5-8(18-4-12-5)9(15)13-6(10(16)17)2-3-7(11)14/h4,6H,2-3H2,1H3,(H2,11,14)(H,13,15)(H,16,17)/t6-/m0/s1. The largest absolute Gasteiger partial charge is 0.480 e. The van der Waals surface area contributed by atoms with Crippen LogP contribution in [0, 0.1) is 6.92 Å². The maximum absolute atomic E-state index is 11.7. The van der Waals surface area contributed by atoms with Gasteiger partial charge >= 0.3 is 5.97 Å². The average Bonchev–Trinajstić information content (AvgIpc) is 2.69. The van der Waals surface area contributed by atoms with E-state index >= 15 is 0 Å². The second-order valence-electron chi connectivity index (χ2n) is 3.64. The lowest BCUT2D eigenvalue weighted by Crippen LogP contribution is -2.41. The van der Waals surface area contributed by atoms with E-state index in [0.717, 1.165) is 6.39 Å². The number of carbonyl (C=O) groups is 3. The third-order valence-electron chi connectivity index (χ3n) is 2.23. The van der Waals surface area contributed by atoms with Crippen LogP contribution >= 0.6 is 0 Å². The van der Waals surface area contributed by atoms with E-state index in [1.807, 2.05) is 0 Å². The van der Waals surface area contributed by atoms with Crippen LogP contribution in [0.4, 0.5) is 0 Å². The zero-order valence-corrected chi connectivity index (χ0v) is 9.67. The lowest BCUT2D eigenvalue weighted by Gasteiger charge is -2.12. The molecule has 2 amide bonds. The SMILES string of the molecule is Cc1ncoc1C(=O)N[C@@H](CCC(N)=O)C(=O)O. The molecule has 8 heteroatoms. The maximum atomic E-state index is 11.7. The van der Waals surface area contributed by atoms with Crippen LogP contribution < -0.4 is 11.1 Å². The summed E-state index contributed by atoms with van der Waals surface area (Å²) >= 11 is 0. The van der Waals surface area contributed by atoms with Gasteiger partial charge in [-0.15, -0.1) is 0 Å². The summed E-state index contributed by atoms with van der Waals surface area (Å²) in [7, 11) is 0. The Hall–Kier alpha value is -2.38. The second kappa shape index (κ2) is 5.80. The van der Waals surface area contributed by atoms with E-state index in [4.69, 9.17) is 15.3 Å². The molecule has 8 nitrogen and oxygen atoms in total. The molecule has 0 aliphatic heterocycles. The number of hydrogen-bond donors (Lipinski definition) is 3. The number of aryl methyl sites for hydroxylation is 1. The Morgan fingerprint density at radius 1 is 1.56 bits per heavy atom. The minimum atomic E-state index is -1.25. The summed E-state index contributed by atoms with van der Waals surface area (Å²) in [6, 6.07) is -1.20. The molecule has 1 rings (SSSR count). The number of rotatable bonds is 6. The van der Waals surface area contributed by atoms with Gasteiger partial charge in [0.2, 0.25) is 11.7 Å². The number of nitrogens with two attached hydrogens (primary N) is 1. The number of aliphatic carboxylic acids is 1. The number of carboxylic acids is 1. The number of amides is 2. The van der Waals surface area contributed by atoms with Crippen molar-refractivity contribution < 1.29 is 23.9 Å². The van der Waals surface area contributed by atoms with Crippen molar-refractivity contribution in [1.82, 2.24) is 10.3 Å². The molecular weight excluding hydrogens is 242 g/mol. The van der Waals surface area contributed by atoms with Gasteiger partial charge in [-0.3, -0.25) is 9.59 Å². The van der Waals surface area contributed by atoms with E-state index in [-0.39, 0.29) is 18.6 Å². The van der Waals surface area contributed by atoms with Gasteiger partial charge in [0, 0.05) is 6.42 Å². The first-order valence-corrected chi connectivity index (χ1v) is 5.14. The smallest absolute Gasteiger partial charge is 0.326 e. The maximum Gasteiger partial charge on any atom is 0.326 e. The molecule has 0 bridgehead atoms. The van der Waals surface area contributed by atoms with Gasteiger partial charge in [0.05, 0.1) is 5.69 Å². The van der Waals surface area contributed by atoms with E-state index < -0.39 is 23.8 Å². The molecule has 0 aliphatic carbocycles. The number of nitrogens with zero attached hydrogens (tertiary/aromatic N) is 1. The highest BCUT2D eigenvalue weighted by Crippen LogP contribution is 2.06. The molecule has 0 spiro atoms. The molecule has 0 fully saturated rings. The van der Waals surface area contributed by atoms with Crippen molar-refractivity contribution >= 4 is 17.8 Å². The first-order valence-electron chi connectivity index (χ1n) is 5.14. The minimum absolute atomic E-state index is 0.0553. The van der Waals surface area contributed by atoms with Gasteiger partial charge in [0.1, 0.15) is 6.04 Å². The summed E-state index contributed by atoms with van der Waals surface area (Å²) in [4.78, 5) is 36.8. The first kappa shape index (κ1) is 13.7. The van der Waals surface area contributed by atoms with Crippen LogP contribution in [0.3, 0.4) is 0 Å². The summed E-state index contributed by atoms with van der Waals surface area (Å²) in [5, 5.41) is 11.1. The van der Waals surface area contributed by atoms with Crippen LogP contribution in [0.5, 0.6) is 0 Å². The van der Waals surface area contributed by atoms with E-state index in [9.17, 15) is 14.4 Å². The van der Waals surface area contributed by atoms with Gasteiger partial charge < -0.3 is 20.6 Å². The first-order chi connectivity index (χ1) is 8.41. The Labute approximate surface area is 102 Å². The number of hydrogen-bond acceptors (Lipinski definition) is 5. The van der Waals surface area contributed by atoms with Gasteiger partial charge in [-0.2, -0.15) is 0 Å². The summed E-state index contributed by atoms with van der Waals surface area (Å²) in [6.07, 6.45) is 0.875. The highest BCUT2D eigenvalue weighted by Gasteiger charge is 2.23. The topological polar surface area (TPSA) is 136 Å². The molecule has 1 aromatic heterocycles. The molecule has 0 aliphatic rings. The van der Waals surface area contributed by atoms with Crippen LogP contribution in [0.25, 0.3) is 0 Å². The summed E-state index contributed by atoms with van der Waals surface area (Å²) in [5.74, 6) is -2.63. The van der Waals surface area contributed by atoms with Crippen LogP contribution in [-0.4, -0.2) is 33.9 Å². The Bertz CT molecular complexity index is 468. The fraction of sp³-hybridized carbons (Fsp3) is 0.400. The number of carbonyl (C=O) groups excluding carboxylic acids is 2. The highest BCUT2D eigenvalue weighted by molar-refractivity contribution is 5.95. The molecule has 0 unspecified atom stereocenters. The van der Waals surface area contributed by atoms with Gasteiger partial charge in [-0.25, -0.2) is 9.78 Å². The molecule has 1 aromatic rings. The molecule has 0 saturated heterocycles. The summed E-state index contributed by atoms with van der Waals surface area (Å²) < 4.78 is 4.82. The van der Waals surface area contributed by atoms with Crippen LogP contribution in [0.15, 0.2) is 10.8 Å². The number of nitrogens with one attached hydrogen (secondary N) is 1. The van der Waals surface area contributed by atoms with Gasteiger partial charge in [-0.1, -0.05) is 0 Å². The normalized spacial score (nSPS) is 11.8. The van der Waals surface area contributed by atoms with Crippen molar-refractivity contribution in [3.63, 3.8) is 0 Å². The van der Waals surface area contributed by atoms with Crippen LogP contribution in [-0.2, 0) is 9.59 Å². The van der Waals surface area contributed by atoms with Crippen molar-refractivity contribution in [2.75, 3.05) is 0 Å². The molecule has 4 N–H and O–H groups in total. The van der Waals surface area contributed by atoms with Crippen molar-refractivity contribution in [3.05, 3.63) is 17.8 Å².